The summed E-state index contributed by atoms with van der Waals surface area (Å²) in [7, 11) is 2.26. The zero-order chi connectivity index (χ0) is 23.2. The van der Waals surface area contributed by atoms with Crippen molar-refractivity contribution in [2.24, 2.45) is 0 Å². The van der Waals surface area contributed by atoms with Crippen LogP contribution in [0.5, 0.6) is 0 Å². The number of likely N-dealkylation sites (tertiary alicyclic amines) is 1. The molecule has 1 fully saturated rings. The van der Waals surface area contributed by atoms with Crippen molar-refractivity contribution in [1.29, 1.82) is 0 Å². The third-order valence-corrected chi connectivity index (χ3v) is 6.83. The van der Waals surface area contributed by atoms with Gasteiger partial charge in [-0.3, -0.25) is 0 Å². The first-order valence-electron chi connectivity index (χ1n) is 11.9. The van der Waals surface area contributed by atoms with E-state index in [9.17, 15) is 9.90 Å². The van der Waals surface area contributed by atoms with Crippen LogP contribution in [-0.2, 0) is 21.6 Å². The molecule has 0 bridgehead atoms. The van der Waals surface area contributed by atoms with Gasteiger partial charge in [0, 0.05) is 12.8 Å². The van der Waals surface area contributed by atoms with Gasteiger partial charge in [-0.2, -0.15) is 0 Å². The minimum Gasteiger partial charge on any atom is -1.00 e. The smallest absolute Gasteiger partial charge is 0.348 e. The lowest BCUT2D eigenvalue weighted by Crippen LogP contribution is -3.00. The van der Waals surface area contributed by atoms with E-state index < -0.39 is 11.6 Å². The number of piperidine rings is 1. The molecular weight excluding hydrogens is 490 g/mol. The van der Waals surface area contributed by atoms with Crippen LogP contribution in [0.3, 0.4) is 0 Å². The molecule has 0 saturated carbocycles. The highest BCUT2D eigenvalue weighted by atomic mass is 79.9. The number of halogens is 1. The predicted molar refractivity (Wildman–Crippen MR) is 131 cm³/mol. The Kier molecular flexibility index (Phi) is 9.06. The van der Waals surface area contributed by atoms with Gasteiger partial charge in [0.05, 0.1) is 20.1 Å². The SMILES string of the molecule is C[N@@+]1(CCCc2ccccc2)CCC[C@@H](OC(=O)C(O)(c2ccccc2)c2ccccc2)C1.[Br-]. The van der Waals surface area contributed by atoms with Gasteiger partial charge in [0.15, 0.2) is 6.10 Å². The first-order chi connectivity index (χ1) is 16.0. The summed E-state index contributed by atoms with van der Waals surface area (Å²) >= 11 is 0. The van der Waals surface area contributed by atoms with E-state index in [0.717, 1.165) is 49.8 Å². The first-order valence-corrected chi connectivity index (χ1v) is 11.9. The van der Waals surface area contributed by atoms with Gasteiger partial charge in [-0.1, -0.05) is 91.0 Å². The van der Waals surface area contributed by atoms with Crippen LogP contribution in [-0.4, -0.2) is 48.3 Å². The number of ether oxygens (including phenoxy) is 1. The molecule has 180 valence electrons. The fraction of sp³-hybridized carbons (Fsp3) is 0.345. The topological polar surface area (TPSA) is 46.5 Å². The van der Waals surface area contributed by atoms with Gasteiger partial charge in [-0.25, -0.2) is 4.79 Å². The van der Waals surface area contributed by atoms with Crippen LogP contribution < -0.4 is 17.0 Å². The lowest BCUT2D eigenvalue weighted by molar-refractivity contribution is -0.917. The van der Waals surface area contributed by atoms with E-state index in [-0.39, 0.29) is 23.1 Å². The maximum atomic E-state index is 13.5. The largest absolute Gasteiger partial charge is 1.00 e. The third kappa shape index (κ3) is 6.15. The Morgan fingerprint density at radius 2 is 1.47 bits per heavy atom. The summed E-state index contributed by atoms with van der Waals surface area (Å²) < 4.78 is 6.91. The number of esters is 1. The maximum Gasteiger partial charge on any atom is 0.348 e. The Morgan fingerprint density at radius 3 is 2.03 bits per heavy atom. The Balaban J connectivity index is 0.00000324. The molecule has 0 spiro atoms. The molecule has 4 rings (SSSR count). The Labute approximate surface area is 213 Å². The number of aryl methyl sites for hydroxylation is 1. The van der Waals surface area contributed by atoms with Gasteiger partial charge in [0.1, 0.15) is 6.54 Å². The summed E-state index contributed by atoms with van der Waals surface area (Å²) in [5, 5.41) is 11.7. The van der Waals surface area contributed by atoms with E-state index in [2.05, 4.69) is 31.3 Å². The van der Waals surface area contributed by atoms with Crippen molar-refractivity contribution in [3.05, 3.63) is 108 Å². The van der Waals surface area contributed by atoms with E-state index in [1.54, 1.807) is 24.3 Å². The van der Waals surface area contributed by atoms with Crippen molar-refractivity contribution in [3.63, 3.8) is 0 Å². The number of hydrogen-bond acceptors (Lipinski definition) is 3. The molecular formula is C29H34BrNO3. The zero-order valence-corrected chi connectivity index (χ0v) is 21.4. The van der Waals surface area contributed by atoms with Crippen LogP contribution in [0.25, 0.3) is 0 Å². The van der Waals surface area contributed by atoms with E-state index in [1.165, 1.54) is 5.56 Å². The normalized spacial score (nSPS) is 20.2. The Bertz CT molecular complexity index is 990. The highest BCUT2D eigenvalue weighted by molar-refractivity contribution is 5.85. The van der Waals surface area contributed by atoms with Gasteiger partial charge in [-0.15, -0.1) is 0 Å². The Morgan fingerprint density at radius 1 is 0.941 bits per heavy atom. The molecule has 0 aliphatic carbocycles. The van der Waals surface area contributed by atoms with Gasteiger partial charge < -0.3 is 31.3 Å². The quantitative estimate of drug-likeness (QED) is 0.361. The summed E-state index contributed by atoms with van der Waals surface area (Å²) in [6.45, 7) is 2.91. The number of nitrogens with zero attached hydrogens (tertiary/aromatic N) is 1. The minimum absolute atomic E-state index is 0. The predicted octanol–water partition coefficient (Wildman–Crippen LogP) is 1.71. The number of likely N-dealkylation sites (N-methyl/N-ethyl adjacent to an activating group) is 1. The molecule has 34 heavy (non-hydrogen) atoms. The number of quaternary nitrogens is 1. The summed E-state index contributed by atoms with van der Waals surface area (Å²) in [6, 6.07) is 28.8. The summed E-state index contributed by atoms with van der Waals surface area (Å²) in [4.78, 5) is 13.5. The molecule has 2 atom stereocenters. The van der Waals surface area contributed by atoms with Crippen molar-refractivity contribution in [2.45, 2.75) is 37.4 Å². The number of benzene rings is 3. The molecule has 1 aliphatic heterocycles. The number of aliphatic hydroxyl groups is 1. The Hall–Kier alpha value is -2.47. The summed E-state index contributed by atoms with van der Waals surface area (Å²) in [5.41, 5.74) is 0.588. The molecule has 1 saturated heterocycles. The average molecular weight is 524 g/mol. The van der Waals surface area contributed by atoms with Crippen LogP contribution in [0.2, 0.25) is 0 Å². The van der Waals surface area contributed by atoms with E-state index in [4.69, 9.17) is 4.74 Å². The molecule has 0 amide bonds. The second-order valence-electron chi connectivity index (χ2n) is 9.45. The lowest BCUT2D eigenvalue weighted by atomic mass is 9.86. The second-order valence-corrected chi connectivity index (χ2v) is 9.45. The van der Waals surface area contributed by atoms with Gasteiger partial charge in [0.25, 0.3) is 0 Å². The number of carbonyl (C=O) groups excluding carboxylic acids is 1. The van der Waals surface area contributed by atoms with Crippen molar-refractivity contribution >= 4 is 5.97 Å². The number of rotatable bonds is 8. The molecule has 5 heteroatoms. The van der Waals surface area contributed by atoms with Crippen LogP contribution in [0.15, 0.2) is 91.0 Å². The van der Waals surface area contributed by atoms with E-state index in [0.29, 0.717) is 11.1 Å². The van der Waals surface area contributed by atoms with Crippen molar-refractivity contribution < 1.29 is 36.1 Å². The first kappa shape index (κ1) is 26.1. The molecule has 0 aromatic heterocycles. The fourth-order valence-electron chi connectivity index (χ4n) is 4.98. The molecule has 0 unspecified atom stereocenters. The minimum atomic E-state index is -1.82. The van der Waals surface area contributed by atoms with Crippen molar-refractivity contribution in [2.75, 3.05) is 26.7 Å². The second kappa shape index (κ2) is 11.8. The summed E-state index contributed by atoms with van der Waals surface area (Å²) in [6.07, 6.45) is 3.79. The van der Waals surface area contributed by atoms with Gasteiger partial charge in [0.2, 0.25) is 5.60 Å². The van der Waals surface area contributed by atoms with Gasteiger partial charge in [-0.05, 0) is 29.5 Å². The number of hydrogen-bond donors (Lipinski definition) is 1. The van der Waals surface area contributed by atoms with Crippen LogP contribution in [0, 0.1) is 0 Å². The van der Waals surface area contributed by atoms with Crippen LogP contribution in [0.4, 0.5) is 0 Å². The monoisotopic (exact) mass is 523 g/mol. The van der Waals surface area contributed by atoms with Crippen molar-refractivity contribution in [1.82, 2.24) is 0 Å². The fourth-order valence-corrected chi connectivity index (χ4v) is 4.98. The van der Waals surface area contributed by atoms with Crippen LogP contribution in [0.1, 0.15) is 36.0 Å². The lowest BCUT2D eigenvalue weighted by Gasteiger charge is -2.41. The molecule has 0 radical (unpaired) electrons. The standard InChI is InChI=1S/C29H34NO3.BrH/c1-30(21-11-15-24-13-5-2-6-14-24)22-12-20-27(23-30)33-28(31)29(32,25-16-7-3-8-17-25)26-18-9-4-10-19-26;/h2-10,13-14,16-19,27,32H,11-12,15,20-23H2,1H3;1H/q+1;/p-1/t27-,30-;/m1./s1. The van der Waals surface area contributed by atoms with Gasteiger partial charge >= 0.3 is 5.97 Å². The molecule has 3 aromatic carbocycles. The zero-order valence-electron chi connectivity index (χ0n) is 19.8. The highest BCUT2D eigenvalue weighted by Crippen LogP contribution is 2.32. The van der Waals surface area contributed by atoms with Crippen molar-refractivity contribution in [3.8, 4) is 0 Å². The van der Waals surface area contributed by atoms with Crippen LogP contribution >= 0.6 is 0 Å². The molecule has 1 heterocycles. The highest BCUT2D eigenvalue weighted by Gasteiger charge is 2.44. The number of carbonyl (C=O) groups is 1. The third-order valence-electron chi connectivity index (χ3n) is 6.83. The van der Waals surface area contributed by atoms with E-state index >= 15 is 0 Å². The molecule has 4 nitrogen and oxygen atoms in total. The molecule has 3 aromatic rings. The van der Waals surface area contributed by atoms with E-state index in [1.807, 2.05) is 42.5 Å². The average Bonchev–Trinajstić information content (AvgIpc) is 2.85. The molecule has 1 N–H and O–H groups in total. The molecule has 1 aliphatic rings. The maximum absolute atomic E-state index is 13.5. The summed E-state index contributed by atoms with van der Waals surface area (Å²) in [5.74, 6) is -0.595.